The number of amides is 4. The Hall–Kier alpha value is -6.44. The molecule has 0 saturated carbocycles. The highest BCUT2D eigenvalue weighted by molar-refractivity contribution is 5.93. The van der Waals surface area contributed by atoms with E-state index in [1.165, 1.54) is 7.11 Å². The van der Waals surface area contributed by atoms with Gasteiger partial charge in [0.25, 0.3) is 0 Å². The van der Waals surface area contributed by atoms with Crippen LogP contribution in [-0.4, -0.2) is 91.1 Å². The van der Waals surface area contributed by atoms with E-state index in [4.69, 9.17) is 15.1 Å². The number of nitrogens with one attached hydrogen (secondary N) is 4. The molecule has 2 fully saturated rings. The molecule has 8 rings (SSSR count). The standard InChI is InChI=1S/C41H42N8O6/c1-22(42-40(52)53)38(50)48-16-4-6-34(48)36-44-30-14-12-27(20-32(30)46-36)25-10-8-24-9-11-26(19-29(24)18-25)28-13-15-31-33(21-28)47-37(45-31)35-7-5-17-49(35)39(51)23(2)43-41(54)55-3/h8-15,18-23,34-35,42H,4-7,16-17H2,1-3H3,(H,43,54)(H,44,46)(H,45,47)(H,52,53)/t22?,23?,34-,35-/m0/s1. The first-order chi connectivity index (χ1) is 26.6. The Kier molecular flexibility index (Phi) is 9.33. The quantitative estimate of drug-likeness (QED) is 0.115. The minimum atomic E-state index is -1.23. The van der Waals surface area contributed by atoms with E-state index in [1.54, 1.807) is 23.6 Å². The molecule has 0 aliphatic carbocycles. The molecule has 4 atom stereocenters. The first kappa shape index (κ1) is 35.6. The molecule has 14 nitrogen and oxygen atoms in total. The molecule has 0 radical (unpaired) electrons. The van der Waals surface area contributed by atoms with Crippen molar-refractivity contribution in [2.45, 2.75) is 63.7 Å². The van der Waals surface area contributed by atoms with Gasteiger partial charge >= 0.3 is 12.2 Å². The van der Waals surface area contributed by atoms with Crippen LogP contribution >= 0.6 is 0 Å². The van der Waals surface area contributed by atoms with Crippen molar-refractivity contribution in [2.24, 2.45) is 0 Å². The molecule has 4 heterocycles. The number of aromatic nitrogens is 4. The zero-order valence-electron chi connectivity index (χ0n) is 30.8. The number of methoxy groups -OCH3 is 1. The Balaban J connectivity index is 1.02. The Morgan fingerprint density at radius 3 is 1.62 bits per heavy atom. The molecule has 282 valence electrons. The summed E-state index contributed by atoms with van der Waals surface area (Å²) in [5.74, 6) is 0.985. The third-order valence-electron chi connectivity index (χ3n) is 10.8. The largest absolute Gasteiger partial charge is 0.465 e. The van der Waals surface area contributed by atoms with Crippen LogP contribution in [-0.2, 0) is 14.3 Å². The molecule has 2 aromatic heterocycles. The number of nitrogens with zero attached hydrogens (tertiary/aromatic N) is 4. The molecule has 5 N–H and O–H groups in total. The van der Waals surface area contributed by atoms with Crippen LogP contribution in [0.3, 0.4) is 0 Å². The van der Waals surface area contributed by atoms with Crippen molar-refractivity contribution < 1.29 is 29.0 Å². The lowest BCUT2D eigenvalue weighted by Crippen LogP contribution is -2.46. The van der Waals surface area contributed by atoms with Crippen LogP contribution in [0.1, 0.15) is 63.3 Å². The summed E-state index contributed by atoms with van der Waals surface area (Å²) in [7, 11) is 1.27. The van der Waals surface area contributed by atoms with E-state index in [9.17, 15) is 19.2 Å². The molecule has 2 unspecified atom stereocenters. The number of carbonyl (C=O) groups excluding carboxylic acids is 3. The number of carbonyl (C=O) groups is 4. The van der Waals surface area contributed by atoms with E-state index < -0.39 is 24.3 Å². The summed E-state index contributed by atoms with van der Waals surface area (Å²) in [6.45, 7) is 4.35. The van der Waals surface area contributed by atoms with E-state index in [0.717, 1.165) is 86.6 Å². The fourth-order valence-electron chi connectivity index (χ4n) is 8.00. The van der Waals surface area contributed by atoms with Crippen LogP contribution in [0.4, 0.5) is 9.59 Å². The predicted octanol–water partition coefficient (Wildman–Crippen LogP) is 6.65. The second-order valence-electron chi connectivity index (χ2n) is 14.4. The van der Waals surface area contributed by atoms with E-state index >= 15 is 0 Å². The minimum absolute atomic E-state index is 0.175. The average molecular weight is 743 g/mol. The zero-order chi connectivity index (χ0) is 38.4. The molecule has 0 spiro atoms. The highest BCUT2D eigenvalue weighted by atomic mass is 16.5. The SMILES string of the molecule is COC(=O)NC(C)C(=O)N1CCC[C@H]1c1nc2cc(-c3ccc4ccc(-c5ccc6[nH]c([C@@H]7CCCN7C(=O)C(C)NC(=O)O)nc6c5)cc4c3)ccc2[nH]1. The minimum Gasteiger partial charge on any atom is -0.465 e. The second kappa shape index (κ2) is 14.4. The Labute approximate surface area is 316 Å². The molecule has 2 aliphatic heterocycles. The number of fused-ring (bicyclic) bond motifs is 3. The zero-order valence-corrected chi connectivity index (χ0v) is 30.8. The number of ether oxygens (including phenoxy) is 1. The van der Waals surface area contributed by atoms with Gasteiger partial charge in [0.05, 0.1) is 41.3 Å². The fraction of sp³-hybridized carbons (Fsp3) is 0.317. The van der Waals surface area contributed by atoms with Crippen LogP contribution in [0.15, 0.2) is 72.8 Å². The number of imidazole rings is 2. The van der Waals surface area contributed by atoms with Gasteiger partial charge < -0.3 is 40.2 Å². The maximum Gasteiger partial charge on any atom is 0.407 e. The van der Waals surface area contributed by atoms with Crippen molar-refractivity contribution in [1.29, 1.82) is 0 Å². The molecule has 4 amide bonds. The Bertz CT molecular complexity index is 2470. The number of likely N-dealkylation sites (tertiary alicyclic amines) is 2. The number of benzene rings is 4. The lowest BCUT2D eigenvalue weighted by atomic mass is 9.97. The Morgan fingerprint density at radius 2 is 1.15 bits per heavy atom. The van der Waals surface area contributed by atoms with Gasteiger partial charge in [-0.3, -0.25) is 9.59 Å². The highest BCUT2D eigenvalue weighted by Gasteiger charge is 2.36. The van der Waals surface area contributed by atoms with Crippen LogP contribution in [0, 0.1) is 0 Å². The third kappa shape index (κ3) is 6.91. The maximum atomic E-state index is 13.2. The summed E-state index contributed by atoms with van der Waals surface area (Å²) in [5.41, 5.74) is 7.48. The number of hydrogen-bond acceptors (Lipinski definition) is 7. The summed E-state index contributed by atoms with van der Waals surface area (Å²) >= 11 is 0. The normalized spacial score (nSPS) is 18.2. The smallest absolute Gasteiger partial charge is 0.407 e. The van der Waals surface area contributed by atoms with Crippen molar-refractivity contribution in [3.63, 3.8) is 0 Å². The van der Waals surface area contributed by atoms with Gasteiger partial charge in [-0.2, -0.15) is 0 Å². The van der Waals surface area contributed by atoms with E-state index in [-0.39, 0.29) is 23.9 Å². The first-order valence-electron chi connectivity index (χ1n) is 18.5. The van der Waals surface area contributed by atoms with Crippen molar-refractivity contribution in [3.05, 3.63) is 84.4 Å². The van der Waals surface area contributed by atoms with E-state index in [0.29, 0.717) is 18.9 Å². The molecule has 55 heavy (non-hydrogen) atoms. The van der Waals surface area contributed by atoms with Crippen LogP contribution in [0.25, 0.3) is 55.1 Å². The van der Waals surface area contributed by atoms with Crippen molar-refractivity contribution in [1.82, 2.24) is 40.4 Å². The maximum absolute atomic E-state index is 13.2. The van der Waals surface area contributed by atoms with Gasteiger partial charge in [0.15, 0.2) is 0 Å². The van der Waals surface area contributed by atoms with Crippen LogP contribution in [0.5, 0.6) is 0 Å². The summed E-state index contributed by atoms with van der Waals surface area (Å²) in [4.78, 5) is 69.3. The average Bonchev–Trinajstić information content (AvgIpc) is 4.01. The van der Waals surface area contributed by atoms with Crippen LogP contribution < -0.4 is 10.6 Å². The molecule has 4 aromatic carbocycles. The highest BCUT2D eigenvalue weighted by Crippen LogP contribution is 2.36. The Morgan fingerprint density at radius 1 is 0.691 bits per heavy atom. The van der Waals surface area contributed by atoms with Crippen LogP contribution in [0.2, 0.25) is 0 Å². The molecule has 14 heteroatoms. The molecular formula is C41H42N8O6. The molecule has 0 bridgehead atoms. The number of H-pyrrole nitrogens is 2. The van der Waals surface area contributed by atoms with Gasteiger partial charge in [-0.15, -0.1) is 0 Å². The first-order valence-corrected chi connectivity index (χ1v) is 18.5. The van der Waals surface area contributed by atoms with Gasteiger partial charge in [-0.25, -0.2) is 19.6 Å². The molecule has 2 aliphatic rings. The van der Waals surface area contributed by atoms with Gasteiger partial charge in [0.2, 0.25) is 11.8 Å². The second-order valence-corrected chi connectivity index (χ2v) is 14.4. The molecule has 2 saturated heterocycles. The topological polar surface area (TPSA) is 186 Å². The van der Waals surface area contributed by atoms with Crippen molar-refractivity contribution in [3.8, 4) is 22.3 Å². The molecule has 6 aromatic rings. The number of carboxylic acid groups (broad SMARTS) is 1. The summed E-state index contributed by atoms with van der Waals surface area (Å²) < 4.78 is 4.67. The van der Waals surface area contributed by atoms with E-state index in [2.05, 4.69) is 86.0 Å². The molecular weight excluding hydrogens is 701 g/mol. The van der Waals surface area contributed by atoms with Crippen molar-refractivity contribution in [2.75, 3.05) is 20.2 Å². The van der Waals surface area contributed by atoms with Gasteiger partial charge in [-0.05, 0) is 109 Å². The van der Waals surface area contributed by atoms with Gasteiger partial charge in [-0.1, -0.05) is 36.4 Å². The third-order valence-corrected chi connectivity index (χ3v) is 10.8. The number of hydrogen-bond donors (Lipinski definition) is 5. The number of alkyl carbamates (subject to hydrolysis) is 1. The van der Waals surface area contributed by atoms with E-state index in [1.807, 2.05) is 12.1 Å². The number of rotatable bonds is 8. The fourth-order valence-corrected chi connectivity index (χ4v) is 8.00. The monoisotopic (exact) mass is 742 g/mol. The summed E-state index contributed by atoms with van der Waals surface area (Å²) in [5, 5.41) is 16.1. The lowest BCUT2D eigenvalue weighted by Gasteiger charge is -2.26. The van der Waals surface area contributed by atoms with Gasteiger partial charge in [0, 0.05) is 13.1 Å². The summed E-state index contributed by atoms with van der Waals surface area (Å²) in [6, 6.07) is 23.0. The predicted molar refractivity (Wildman–Crippen MR) is 207 cm³/mol. The summed E-state index contributed by atoms with van der Waals surface area (Å²) in [6.07, 6.45) is 1.31. The lowest BCUT2D eigenvalue weighted by molar-refractivity contribution is -0.134. The van der Waals surface area contributed by atoms with Crippen molar-refractivity contribution >= 4 is 56.8 Å². The van der Waals surface area contributed by atoms with Gasteiger partial charge in [0.1, 0.15) is 23.7 Å². The number of aromatic amines is 2.